The number of nitrogens with zero attached hydrogens (tertiary/aromatic N) is 1. The minimum atomic E-state index is 0.118. The number of likely N-dealkylation sites (tertiary alicyclic amines) is 1. The number of piperidine rings is 1. The van der Waals surface area contributed by atoms with Crippen LogP contribution in [0.15, 0.2) is 30.3 Å². The summed E-state index contributed by atoms with van der Waals surface area (Å²) >= 11 is 0. The van der Waals surface area contributed by atoms with Crippen LogP contribution in [0.1, 0.15) is 31.2 Å². The molecule has 1 atom stereocenters. The molecule has 4 nitrogen and oxygen atoms in total. The maximum absolute atomic E-state index is 12.2. The van der Waals surface area contributed by atoms with Crippen molar-refractivity contribution in [2.24, 2.45) is 5.92 Å². The number of amides is 1. The lowest BCUT2D eigenvalue weighted by Crippen LogP contribution is -2.41. The summed E-state index contributed by atoms with van der Waals surface area (Å²) in [6.07, 6.45) is 4.54. The maximum Gasteiger partial charge on any atom is 0.248 e. The van der Waals surface area contributed by atoms with Gasteiger partial charge in [-0.15, -0.1) is 0 Å². The van der Waals surface area contributed by atoms with Gasteiger partial charge in [0.2, 0.25) is 5.91 Å². The first kappa shape index (κ1) is 17.0. The first-order valence-electron chi connectivity index (χ1n) is 8.18. The SMILES string of the molecule is COCCCC1CCCN(C(=O)COCc2ccccc2)C1. The summed E-state index contributed by atoms with van der Waals surface area (Å²) in [5.74, 6) is 0.731. The van der Waals surface area contributed by atoms with E-state index in [1.165, 1.54) is 6.42 Å². The van der Waals surface area contributed by atoms with Gasteiger partial charge in [-0.25, -0.2) is 0 Å². The fourth-order valence-corrected chi connectivity index (χ4v) is 2.97. The molecular formula is C18H27NO3. The van der Waals surface area contributed by atoms with E-state index in [-0.39, 0.29) is 12.5 Å². The van der Waals surface area contributed by atoms with Crippen LogP contribution in [-0.2, 0) is 20.9 Å². The number of ether oxygens (including phenoxy) is 2. The third-order valence-corrected chi connectivity index (χ3v) is 4.17. The Kier molecular flexibility index (Phi) is 7.40. The molecule has 0 aliphatic carbocycles. The number of hydrogen-bond acceptors (Lipinski definition) is 3. The topological polar surface area (TPSA) is 38.8 Å². The standard InChI is InChI=1S/C18H27NO3/c1-21-12-6-10-16-9-5-11-19(13-16)18(20)15-22-14-17-7-3-2-4-8-17/h2-4,7-8,16H,5-6,9-15H2,1H3. The summed E-state index contributed by atoms with van der Waals surface area (Å²) in [7, 11) is 1.74. The largest absolute Gasteiger partial charge is 0.385 e. The van der Waals surface area contributed by atoms with Crippen LogP contribution >= 0.6 is 0 Å². The molecular weight excluding hydrogens is 278 g/mol. The van der Waals surface area contributed by atoms with Crippen molar-refractivity contribution in [1.29, 1.82) is 0 Å². The molecule has 0 spiro atoms. The van der Waals surface area contributed by atoms with E-state index in [0.29, 0.717) is 12.5 Å². The molecule has 0 saturated carbocycles. The van der Waals surface area contributed by atoms with Gasteiger partial charge in [-0.3, -0.25) is 4.79 Å². The van der Waals surface area contributed by atoms with Crippen LogP contribution in [0, 0.1) is 5.92 Å². The van der Waals surface area contributed by atoms with Gasteiger partial charge in [0.05, 0.1) is 6.61 Å². The summed E-state index contributed by atoms with van der Waals surface area (Å²) in [5.41, 5.74) is 1.10. The highest BCUT2D eigenvalue weighted by Gasteiger charge is 2.23. The Morgan fingerprint density at radius 3 is 2.91 bits per heavy atom. The van der Waals surface area contributed by atoms with Crippen molar-refractivity contribution in [1.82, 2.24) is 4.90 Å². The van der Waals surface area contributed by atoms with E-state index in [1.807, 2.05) is 35.2 Å². The first-order valence-corrected chi connectivity index (χ1v) is 8.18. The van der Waals surface area contributed by atoms with E-state index < -0.39 is 0 Å². The monoisotopic (exact) mass is 305 g/mol. The average molecular weight is 305 g/mol. The minimum absolute atomic E-state index is 0.118. The van der Waals surface area contributed by atoms with Crippen LogP contribution in [0.3, 0.4) is 0 Å². The highest BCUT2D eigenvalue weighted by molar-refractivity contribution is 5.77. The molecule has 0 radical (unpaired) electrons. The Labute approximate surface area is 133 Å². The zero-order chi connectivity index (χ0) is 15.6. The Morgan fingerprint density at radius 1 is 1.32 bits per heavy atom. The lowest BCUT2D eigenvalue weighted by Gasteiger charge is -2.32. The lowest BCUT2D eigenvalue weighted by molar-refractivity contribution is -0.138. The Morgan fingerprint density at radius 2 is 2.14 bits per heavy atom. The molecule has 1 amide bonds. The van der Waals surface area contributed by atoms with Gasteiger partial charge in [-0.2, -0.15) is 0 Å². The van der Waals surface area contributed by atoms with Gasteiger partial charge >= 0.3 is 0 Å². The zero-order valence-corrected chi connectivity index (χ0v) is 13.5. The molecule has 4 heteroatoms. The number of carbonyl (C=O) groups excluding carboxylic acids is 1. The van der Waals surface area contributed by atoms with Crippen LogP contribution in [-0.4, -0.2) is 44.2 Å². The smallest absolute Gasteiger partial charge is 0.248 e. The van der Waals surface area contributed by atoms with E-state index in [1.54, 1.807) is 7.11 Å². The third kappa shape index (κ3) is 5.78. The van der Waals surface area contributed by atoms with E-state index in [9.17, 15) is 4.79 Å². The highest BCUT2D eigenvalue weighted by atomic mass is 16.5. The van der Waals surface area contributed by atoms with Gasteiger partial charge in [-0.05, 0) is 37.2 Å². The molecule has 0 bridgehead atoms. The van der Waals surface area contributed by atoms with Crippen LogP contribution < -0.4 is 0 Å². The van der Waals surface area contributed by atoms with Crippen LogP contribution in [0.2, 0.25) is 0 Å². The highest BCUT2D eigenvalue weighted by Crippen LogP contribution is 2.21. The zero-order valence-electron chi connectivity index (χ0n) is 13.5. The van der Waals surface area contributed by atoms with Gasteiger partial charge in [0.15, 0.2) is 0 Å². The van der Waals surface area contributed by atoms with E-state index in [4.69, 9.17) is 9.47 Å². The van der Waals surface area contributed by atoms with Crippen molar-refractivity contribution >= 4 is 5.91 Å². The summed E-state index contributed by atoms with van der Waals surface area (Å²) in [4.78, 5) is 14.2. The summed E-state index contributed by atoms with van der Waals surface area (Å²) in [6, 6.07) is 9.96. The van der Waals surface area contributed by atoms with Crippen molar-refractivity contribution in [3.63, 3.8) is 0 Å². The minimum Gasteiger partial charge on any atom is -0.385 e. The lowest BCUT2D eigenvalue weighted by atomic mass is 9.93. The number of benzene rings is 1. The molecule has 1 aromatic rings. The van der Waals surface area contributed by atoms with Crippen molar-refractivity contribution in [2.45, 2.75) is 32.3 Å². The Bertz CT molecular complexity index is 435. The predicted octanol–water partition coefficient (Wildman–Crippen LogP) is 2.87. The number of methoxy groups -OCH3 is 1. The molecule has 2 rings (SSSR count). The van der Waals surface area contributed by atoms with Crippen LogP contribution in [0.25, 0.3) is 0 Å². The van der Waals surface area contributed by atoms with Crippen molar-refractivity contribution in [3.8, 4) is 0 Å². The second-order valence-electron chi connectivity index (χ2n) is 5.96. The van der Waals surface area contributed by atoms with E-state index in [0.717, 1.165) is 44.5 Å². The molecule has 1 heterocycles. The second kappa shape index (κ2) is 9.59. The van der Waals surface area contributed by atoms with E-state index >= 15 is 0 Å². The first-order chi connectivity index (χ1) is 10.8. The van der Waals surface area contributed by atoms with Gasteiger partial charge < -0.3 is 14.4 Å². The van der Waals surface area contributed by atoms with E-state index in [2.05, 4.69) is 0 Å². The van der Waals surface area contributed by atoms with Crippen molar-refractivity contribution in [2.75, 3.05) is 33.4 Å². The number of rotatable bonds is 8. The quantitative estimate of drug-likeness (QED) is 0.693. The van der Waals surface area contributed by atoms with Crippen LogP contribution in [0.5, 0.6) is 0 Å². The predicted molar refractivity (Wildman–Crippen MR) is 86.5 cm³/mol. The summed E-state index contributed by atoms with van der Waals surface area (Å²) in [6.45, 7) is 3.23. The third-order valence-electron chi connectivity index (χ3n) is 4.17. The number of carbonyl (C=O) groups is 1. The molecule has 1 saturated heterocycles. The average Bonchev–Trinajstić information content (AvgIpc) is 2.56. The van der Waals surface area contributed by atoms with Gasteiger partial charge in [0.1, 0.15) is 6.61 Å². The molecule has 122 valence electrons. The Hall–Kier alpha value is -1.39. The van der Waals surface area contributed by atoms with Gasteiger partial charge in [-0.1, -0.05) is 30.3 Å². The molecule has 1 unspecified atom stereocenters. The fourth-order valence-electron chi connectivity index (χ4n) is 2.97. The molecule has 1 aliphatic rings. The molecule has 1 aliphatic heterocycles. The van der Waals surface area contributed by atoms with Crippen molar-refractivity contribution < 1.29 is 14.3 Å². The number of hydrogen-bond donors (Lipinski definition) is 0. The summed E-state index contributed by atoms with van der Waals surface area (Å²) in [5, 5.41) is 0. The molecule has 22 heavy (non-hydrogen) atoms. The van der Waals surface area contributed by atoms with Gasteiger partial charge in [0.25, 0.3) is 0 Å². The second-order valence-corrected chi connectivity index (χ2v) is 5.96. The fraction of sp³-hybridized carbons (Fsp3) is 0.611. The molecule has 1 fully saturated rings. The summed E-state index contributed by atoms with van der Waals surface area (Å²) < 4.78 is 10.7. The molecule has 1 aromatic carbocycles. The Balaban J connectivity index is 1.68. The van der Waals surface area contributed by atoms with Gasteiger partial charge in [0, 0.05) is 26.8 Å². The van der Waals surface area contributed by atoms with Crippen molar-refractivity contribution in [3.05, 3.63) is 35.9 Å². The van der Waals surface area contributed by atoms with Crippen LogP contribution in [0.4, 0.5) is 0 Å². The normalized spacial score (nSPS) is 18.4. The maximum atomic E-state index is 12.2. The molecule has 0 N–H and O–H groups in total. The molecule has 0 aromatic heterocycles.